The number of ketones is 1. The average molecular weight is 447 g/mol. The Balaban J connectivity index is 1.48. The van der Waals surface area contributed by atoms with E-state index in [9.17, 15) is 22.4 Å². The van der Waals surface area contributed by atoms with E-state index in [4.69, 9.17) is 0 Å². The summed E-state index contributed by atoms with van der Waals surface area (Å²) in [6.07, 6.45) is 6.17. The Morgan fingerprint density at radius 1 is 1.19 bits per heavy atom. The summed E-state index contributed by atoms with van der Waals surface area (Å²) in [5.41, 5.74) is 1.02. The van der Waals surface area contributed by atoms with Gasteiger partial charge in [-0.2, -0.15) is 0 Å². The van der Waals surface area contributed by atoms with Gasteiger partial charge in [0.15, 0.2) is 11.6 Å². The van der Waals surface area contributed by atoms with Crippen LogP contribution in [-0.2, 0) is 20.2 Å². The lowest BCUT2D eigenvalue weighted by atomic mass is 9.67. The summed E-state index contributed by atoms with van der Waals surface area (Å²) >= 11 is 0. The van der Waals surface area contributed by atoms with E-state index >= 15 is 0 Å². The molecule has 1 aromatic heterocycles. The Hall–Kier alpha value is -2.88. The molecule has 0 bridgehead atoms. The van der Waals surface area contributed by atoms with Gasteiger partial charge in [-0.1, -0.05) is 6.07 Å². The lowest BCUT2D eigenvalue weighted by molar-refractivity contribution is -0.121. The number of halogens is 1. The van der Waals surface area contributed by atoms with Gasteiger partial charge in [-0.05, 0) is 43.4 Å². The first-order valence-corrected chi connectivity index (χ1v) is 11.9. The summed E-state index contributed by atoms with van der Waals surface area (Å²) in [7, 11) is -3.54. The number of hydrogen-bond acceptors (Lipinski definition) is 6. The number of fused-ring (bicyclic) bond motifs is 2. The van der Waals surface area contributed by atoms with Gasteiger partial charge < -0.3 is 5.32 Å². The molecule has 2 heterocycles. The third-order valence-electron chi connectivity index (χ3n) is 6.22. The molecule has 1 aliphatic heterocycles. The smallest absolute Gasteiger partial charge is 0.232 e. The Labute approximate surface area is 179 Å². The number of hydrogen-bond donors (Lipinski definition) is 1. The van der Waals surface area contributed by atoms with E-state index in [2.05, 4.69) is 15.3 Å². The first kappa shape index (κ1) is 21.4. The van der Waals surface area contributed by atoms with E-state index in [-0.39, 0.29) is 35.7 Å². The minimum Gasteiger partial charge on any atom is -0.309 e. The van der Waals surface area contributed by atoms with Crippen LogP contribution in [0.5, 0.6) is 0 Å². The molecular weight excluding hydrogens is 423 g/mol. The number of rotatable bonds is 4. The molecule has 164 valence electrons. The third-order valence-corrected chi connectivity index (χ3v) is 7.35. The molecule has 8 nitrogen and oxygen atoms in total. The van der Waals surface area contributed by atoms with Crippen molar-refractivity contribution in [3.8, 4) is 0 Å². The quantitative estimate of drug-likeness (QED) is 0.723. The largest absolute Gasteiger partial charge is 0.309 e. The molecule has 0 unspecified atom stereocenters. The van der Waals surface area contributed by atoms with Crippen molar-refractivity contribution in [3.05, 3.63) is 47.7 Å². The molecule has 1 fully saturated rings. The number of Topliss-reactive ketones (excluding diaryl/α,β-unsaturated/α-hetero) is 1. The number of sulfonamides is 1. The zero-order valence-corrected chi connectivity index (χ0v) is 18.1. The molecule has 10 heteroatoms. The van der Waals surface area contributed by atoms with Gasteiger partial charge in [0.25, 0.3) is 0 Å². The van der Waals surface area contributed by atoms with E-state index in [1.807, 2.05) is 0 Å². The van der Waals surface area contributed by atoms with Crippen LogP contribution in [0.2, 0.25) is 0 Å². The van der Waals surface area contributed by atoms with Crippen molar-refractivity contribution >= 4 is 33.2 Å². The van der Waals surface area contributed by atoms with Gasteiger partial charge in [0.05, 0.1) is 24.3 Å². The normalized spacial score (nSPS) is 22.9. The molecule has 31 heavy (non-hydrogen) atoms. The fraction of sp³-hybridized carbons (Fsp3) is 0.429. The van der Waals surface area contributed by atoms with E-state index in [0.717, 1.165) is 11.8 Å². The lowest BCUT2D eigenvalue weighted by Crippen LogP contribution is -2.40. The molecule has 0 atom stereocenters. The number of nitrogens with one attached hydrogen (secondary N) is 1. The van der Waals surface area contributed by atoms with E-state index in [1.54, 1.807) is 6.07 Å². The van der Waals surface area contributed by atoms with Crippen molar-refractivity contribution in [1.82, 2.24) is 9.97 Å². The average Bonchev–Trinajstić information content (AvgIpc) is 3.02. The fourth-order valence-corrected chi connectivity index (χ4v) is 5.55. The SMILES string of the molecule is CC(=O)c1cnc(NC(=O)[C@H]2CC[C@]3(CC2)CN(S(C)(=O)=O)c2cc(F)ccc23)cn1. The zero-order valence-electron chi connectivity index (χ0n) is 17.3. The van der Waals surface area contributed by atoms with Gasteiger partial charge in [0, 0.05) is 24.8 Å². The van der Waals surface area contributed by atoms with Crippen molar-refractivity contribution in [2.75, 3.05) is 22.4 Å². The lowest BCUT2D eigenvalue weighted by Gasteiger charge is -2.37. The summed E-state index contributed by atoms with van der Waals surface area (Å²) in [4.78, 5) is 32.0. The van der Waals surface area contributed by atoms with Crippen molar-refractivity contribution < 1.29 is 22.4 Å². The van der Waals surface area contributed by atoms with Crippen LogP contribution in [0.3, 0.4) is 0 Å². The molecule has 1 amide bonds. The maximum atomic E-state index is 13.8. The molecule has 2 aliphatic rings. The predicted octanol–water partition coefficient (Wildman–Crippen LogP) is 2.66. The molecule has 0 saturated heterocycles. The summed E-state index contributed by atoms with van der Waals surface area (Å²) in [6.45, 7) is 1.65. The van der Waals surface area contributed by atoms with Crippen LogP contribution in [-0.4, -0.2) is 42.9 Å². The first-order chi connectivity index (χ1) is 14.6. The van der Waals surface area contributed by atoms with Gasteiger partial charge in [-0.3, -0.25) is 13.9 Å². The Morgan fingerprint density at radius 2 is 1.90 bits per heavy atom. The van der Waals surface area contributed by atoms with E-state index in [0.29, 0.717) is 31.4 Å². The highest BCUT2D eigenvalue weighted by Crippen LogP contribution is 2.51. The van der Waals surface area contributed by atoms with Gasteiger partial charge in [0.1, 0.15) is 11.5 Å². The number of nitrogens with zero attached hydrogens (tertiary/aromatic N) is 3. The van der Waals surface area contributed by atoms with Crippen LogP contribution in [0.4, 0.5) is 15.9 Å². The third kappa shape index (κ3) is 4.04. The molecule has 1 N–H and O–H groups in total. The number of carbonyl (C=O) groups excluding carboxylic acids is 2. The van der Waals surface area contributed by atoms with Gasteiger partial charge in [-0.25, -0.2) is 22.8 Å². The number of benzene rings is 1. The monoisotopic (exact) mass is 446 g/mol. The standard InChI is InChI=1S/C21H23FN4O4S/c1-13(27)17-10-24-19(11-23-17)25-20(28)14-5-7-21(8-6-14)12-26(31(2,29)30)18-9-15(22)3-4-16(18)21/h3-4,9-11,14H,5-8,12H2,1-2H3,(H,24,25,28)/t14-,21-. The maximum Gasteiger partial charge on any atom is 0.232 e. The number of aromatic nitrogens is 2. The Morgan fingerprint density at radius 3 is 2.48 bits per heavy atom. The van der Waals surface area contributed by atoms with Crippen molar-refractivity contribution in [2.45, 2.75) is 38.0 Å². The Bertz CT molecular complexity index is 1140. The minimum absolute atomic E-state index is 0.183. The molecule has 1 saturated carbocycles. The highest BCUT2D eigenvalue weighted by atomic mass is 32.2. The van der Waals surface area contributed by atoms with Crippen molar-refractivity contribution in [3.63, 3.8) is 0 Å². The van der Waals surface area contributed by atoms with Crippen LogP contribution in [0.1, 0.15) is 48.7 Å². The highest BCUT2D eigenvalue weighted by molar-refractivity contribution is 7.92. The maximum absolute atomic E-state index is 13.8. The van der Waals surface area contributed by atoms with Crippen LogP contribution in [0.15, 0.2) is 30.6 Å². The van der Waals surface area contributed by atoms with Crippen LogP contribution < -0.4 is 9.62 Å². The molecule has 4 rings (SSSR count). The first-order valence-electron chi connectivity index (χ1n) is 10.0. The van der Waals surface area contributed by atoms with Crippen LogP contribution >= 0.6 is 0 Å². The molecule has 2 aromatic rings. The second-order valence-electron chi connectivity index (χ2n) is 8.32. The van der Waals surface area contributed by atoms with Crippen molar-refractivity contribution in [2.24, 2.45) is 5.92 Å². The number of carbonyl (C=O) groups is 2. The van der Waals surface area contributed by atoms with Crippen LogP contribution in [0, 0.1) is 11.7 Å². The Kier molecular flexibility index (Phi) is 5.28. The molecule has 1 spiro atoms. The van der Waals surface area contributed by atoms with Gasteiger partial charge in [0.2, 0.25) is 15.9 Å². The molecular formula is C21H23FN4O4S. The van der Waals surface area contributed by atoms with Gasteiger partial charge >= 0.3 is 0 Å². The molecule has 0 radical (unpaired) electrons. The highest BCUT2D eigenvalue weighted by Gasteiger charge is 2.48. The molecule has 1 aliphatic carbocycles. The minimum atomic E-state index is -3.54. The zero-order chi connectivity index (χ0) is 22.4. The summed E-state index contributed by atoms with van der Waals surface area (Å²) in [5.74, 6) is -0.842. The van der Waals surface area contributed by atoms with E-state index < -0.39 is 21.3 Å². The summed E-state index contributed by atoms with van der Waals surface area (Å²) in [5, 5.41) is 2.74. The number of amides is 1. The van der Waals surface area contributed by atoms with Crippen molar-refractivity contribution in [1.29, 1.82) is 0 Å². The second-order valence-corrected chi connectivity index (χ2v) is 10.2. The van der Waals surface area contributed by atoms with Crippen LogP contribution in [0.25, 0.3) is 0 Å². The molecule has 1 aromatic carbocycles. The topological polar surface area (TPSA) is 109 Å². The van der Waals surface area contributed by atoms with E-state index in [1.165, 1.54) is 35.8 Å². The van der Waals surface area contributed by atoms with Gasteiger partial charge in [-0.15, -0.1) is 0 Å². The second kappa shape index (κ2) is 7.67. The number of anilines is 2. The summed E-state index contributed by atoms with van der Waals surface area (Å²) < 4.78 is 39.7. The summed E-state index contributed by atoms with van der Waals surface area (Å²) in [6, 6.07) is 4.30. The predicted molar refractivity (Wildman–Crippen MR) is 113 cm³/mol. The fourth-order valence-electron chi connectivity index (χ4n) is 4.56.